The molecule has 9 heavy (non-hydrogen) atoms. The standard InChI is InChI=1S/C3H3F5O/c4-1-2(5,6)3(7,8)9/h9H,1H2. The second-order valence-corrected chi connectivity index (χ2v) is 1.38. The van der Waals surface area contributed by atoms with Crippen LogP contribution < -0.4 is 0 Å². The van der Waals surface area contributed by atoms with Crippen molar-refractivity contribution in [2.45, 2.75) is 12.0 Å². The van der Waals surface area contributed by atoms with Crippen LogP contribution in [0.3, 0.4) is 0 Å². The quantitative estimate of drug-likeness (QED) is 0.586. The molecule has 0 spiro atoms. The summed E-state index contributed by atoms with van der Waals surface area (Å²) in [6.07, 6.45) is -5.26. The summed E-state index contributed by atoms with van der Waals surface area (Å²) in [6, 6.07) is 0. The molecule has 0 saturated heterocycles. The summed E-state index contributed by atoms with van der Waals surface area (Å²) in [7, 11) is 0. The first-order valence-corrected chi connectivity index (χ1v) is 1.85. The van der Waals surface area contributed by atoms with Crippen molar-refractivity contribution in [1.82, 2.24) is 0 Å². The second kappa shape index (κ2) is 2.09. The average molecular weight is 150 g/mol. The van der Waals surface area contributed by atoms with Gasteiger partial charge in [0.15, 0.2) is 6.67 Å². The van der Waals surface area contributed by atoms with Crippen LogP contribution >= 0.6 is 0 Å². The Balaban J connectivity index is 4.14. The smallest absolute Gasteiger partial charge is 0.331 e. The van der Waals surface area contributed by atoms with E-state index in [0.29, 0.717) is 0 Å². The molecule has 56 valence electrons. The van der Waals surface area contributed by atoms with E-state index in [0.717, 1.165) is 0 Å². The lowest BCUT2D eigenvalue weighted by Crippen LogP contribution is -2.41. The molecule has 0 amide bonds. The van der Waals surface area contributed by atoms with Crippen LogP contribution in [0.5, 0.6) is 0 Å². The van der Waals surface area contributed by atoms with Crippen molar-refractivity contribution in [2.24, 2.45) is 0 Å². The topological polar surface area (TPSA) is 20.2 Å². The fourth-order valence-corrected chi connectivity index (χ4v) is 0.0804. The van der Waals surface area contributed by atoms with Gasteiger partial charge in [-0.25, -0.2) is 4.39 Å². The van der Waals surface area contributed by atoms with Crippen molar-refractivity contribution in [3.8, 4) is 0 Å². The fourth-order valence-electron chi connectivity index (χ4n) is 0.0804. The van der Waals surface area contributed by atoms with Crippen LogP contribution in [0.1, 0.15) is 0 Å². The van der Waals surface area contributed by atoms with E-state index in [2.05, 4.69) is 0 Å². The van der Waals surface area contributed by atoms with Crippen LogP contribution in [0, 0.1) is 0 Å². The first-order valence-electron chi connectivity index (χ1n) is 1.85. The third-order valence-electron chi connectivity index (χ3n) is 0.608. The van der Waals surface area contributed by atoms with Crippen molar-refractivity contribution in [3.05, 3.63) is 0 Å². The highest BCUT2D eigenvalue weighted by molar-refractivity contribution is 4.72. The lowest BCUT2D eigenvalue weighted by Gasteiger charge is -2.16. The monoisotopic (exact) mass is 150 g/mol. The van der Waals surface area contributed by atoms with Crippen LogP contribution in [0.25, 0.3) is 0 Å². The normalized spacial score (nSPS) is 14.0. The molecule has 0 aliphatic heterocycles. The van der Waals surface area contributed by atoms with Gasteiger partial charge in [0.2, 0.25) is 0 Å². The first kappa shape index (κ1) is 8.61. The predicted octanol–water partition coefficient (Wildman–Crippen LogP) is 1.18. The molecule has 0 unspecified atom stereocenters. The number of rotatable bonds is 2. The second-order valence-electron chi connectivity index (χ2n) is 1.38. The highest BCUT2D eigenvalue weighted by Crippen LogP contribution is 2.31. The Morgan fingerprint density at radius 3 is 1.44 bits per heavy atom. The fraction of sp³-hybridized carbons (Fsp3) is 1.00. The van der Waals surface area contributed by atoms with Gasteiger partial charge in [0, 0.05) is 0 Å². The highest BCUT2D eigenvalue weighted by Gasteiger charge is 2.55. The Labute approximate surface area is 47.1 Å². The maximum Gasteiger partial charge on any atom is 0.419 e. The summed E-state index contributed by atoms with van der Waals surface area (Å²) in [6.45, 7) is -2.57. The van der Waals surface area contributed by atoms with Gasteiger partial charge in [-0.2, -0.15) is 17.6 Å². The zero-order valence-electron chi connectivity index (χ0n) is 4.04. The Morgan fingerprint density at radius 1 is 1.11 bits per heavy atom. The molecule has 0 heterocycles. The van der Waals surface area contributed by atoms with Crippen LogP contribution in [0.2, 0.25) is 0 Å². The van der Waals surface area contributed by atoms with E-state index in [1.165, 1.54) is 0 Å². The molecule has 6 heteroatoms. The minimum absolute atomic E-state index is 2.57. The van der Waals surface area contributed by atoms with Gasteiger partial charge in [0.25, 0.3) is 0 Å². The lowest BCUT2D eigenvalue weighted by atomic mass is 10.3. The molecule has 0 fully saturated rings. The number of hydrogen-bond acceptors (Lipinski definition) is 1. The van der Waals surface area contributed by atoms with E-state index >= 15 is 0 Å². The molecule has 0 aliphatic rings. The molecule has 1 N–H and O–H groups in total. The van der Waals surface area contributed by atoms with E-state index in [9.17, 15) is 22.0 Å². The Bertz CT molecular complexity index is 94.9. The van der Waals surface area contributed by atoms with Crippen molar-refractivity contribution in [1.29, 1.82) is 0 Å². The minimum Gasteiger partial charge on any atom is -0.331 e. The van der Waals surface area contributed by atoms with Crippen molar-refractivity contribution in [3.63, 3.8) is 0 Å². The summed E-state index contributed by atoms with van der Waals surface area (Å²) < 4.78 is 55.6. The predicted molar refractivity (Wildman–Crippen MR) is 18.1 cm³/mol. The summed E-state index contributed by atoms with van der Waals surface area (Å²) in [5.41, 5.74) is 0. The zero-order chi connectivity index (χ0) is 7.71. The lowest BCUT2D eigenvalue weighted by molar-refractivity contribution is -0.328. The third-order valence-corrected chi connectivity index (χ3v) is 0.608. The molecule has 0 radical (unpaired) electrons. The molecule has 0 aromatic heterocycles. The minimum atomic E-state index is -5.26. The van der Waals surface area contributed by atoms with Crippen molar-refractivity contribution >= 4 is 0 Å². The van der Waals surface area contributed by atoms with E-state index in [1.54, 1.807) is 0 Å². The van der Waals surface area contributed by atoms with E-state index in [1.807, 2.05) is 0 Å². The molecule has 0 aromatic carbocycles. The van der Waals surface area contributed by atoms with E-state index < -0.39 is 18.7 Å². The van der Waals surface area contributed by atoms with Crippen molar-refractivity contribution < 1.29 is 27.1 Å². The molecular weight excluding hydrogens is 147 g/mol. The number of aliphatic hydroxyl groups is 1. The van der Waals surface area contributed by atoms with Gasteiger partial charge in [0.1, 0.15) is 0 Å². The molecule has 0 bridgehead atoms. The van der Waals surface area contributed by atoms with Crippen LogP contribution in [0.4, 0.5) is 22.0 Å². The Kier molecular flexibility index (Phi) is 2.00. The van der Waals surface area contributed by atoms with Gasteiger partial charge in [-0.05, 0) is 0 Å². The zero-order valence-corrected chi connectivity index (χ0v) is 4.04. The summed E-state index contributed by atoms with van der Waals surface area (Å²) in [5.74, 6) is -4.97. The van der Waals surface area contributed by atoms with E-state index in [4.69, 9.17) is 5.11 Å². The highest BCUT2D eigenvalue weighted by atomic mass is 19.3. The summed E-state index contributed by atoms with van der Waals surface area (Å²) in [4.78, 5) is 0. The van der Waals surface area contributed by atoms with Gasteiger partial charge < -0.3 is 5.11 Å². The molecule has 0 atom stereocenters. The van der Waals surface area contributed by atoms with Gasteiger partial charge in [-0.15, -0.1) is 0 Å². The maximum absolute atomic E-state index is 11.3. The summed E-state index contributed by atoms with van der Waals surface area (Å²) in [5, 5.41) is 7.22. The Morgan fingerprint density at radius 2 is 1.44 bits per heavy atom. The van der Waals surface area contributed by atoms with Crippen molar-refractivity contribution in [2.75, 3.05) is 6.67 Å². The van der Waals surface area contributed by atoms with Crippen LogP contribution in [-0.4, -0.2) is 23.8 Å². The van der Waals surface area contributed by atoms with Crippen LogP contribution in [-0.2, 0) is 0 Å². The molecule has 1 nitrogen and oxygen atoms in total. The SMILES string of the molecule is OC(F)(F)C(F)(F)CF. The molecule has 0 aromatic rings. The number of halogens is 5. The molecule has 0 aliphatic carbocycles. The molecular formula is C3H3F5O. The first-order chi connectivity index (χ1) is 3.81. The molecule has 0 saturated carbocycles. The Hall–Kier alpha value is -0.390. The van der Waals surface area contributed by atoms with Gasteiger partial charge in [-0.3, -0.25) is 0 Å². The summed E-state index contributed by atoms with van der Waals surface area (Å²) >= 11 is 0. The largest absolute Gasteiger partial charge is 0.419 e. The third kappa shape index (κ3) is 1.78. The van der Waals surface area contributed by atoms with Crippen LogP contribution in [0.15, 0.2) is 0 Å². The maximum atomic E-state index is 11.3. The van der Waals surface area contributed by atoms with Gasteiger partial charge >= 0.3 is 12.0 Å². The molecule has 0 rings (SSSR count). The van der Waals surface area contributed by atoms with Gasteiger partial charge in [-0.1, -0.05) is 0 Å². The number of alkyl halides is 5. The number of hydrogen-bond donors (Lipinski definition) is 1. The average Bonchev–Trinajstić information content (AvgIpc) is 1.64. The van der Waals surface area contributed by atoms with Gasteiger partial charge in [0.05, 0.1) is 0 Å². The van der Waals surface area contributed by atoms with E-state index in [-0.39, 0.29) is 0 Å².